The van der Waals surface area contributed by atoms with Gasteiger partial charge < -0.3 is 4.74 Å². The predicted molar refractivity (Wildman–Crippen MR) is 149 cm³/mol. The van der Waals surface area contributed by atoms with Crippen LogP contribution in [0.4, 0.5) is 0 Å². The normalized spacial score (nSPS) is 47.6. The van der Waals surface area contributed by atoms with Gasteiger partial charge in [-0.15, -0.1) is 0 Å². The molecular formula is C35H48O2. The summed E-state index contributed by atoms with van der Waals surface area (Å²) in [6.45, 7) is 11.3. The van der Waals surface area contributed by atoms with Crippen LogP contribution in [0.2, 0.25) is 0 Å². The van der Waals surface area contributed by atoms with E-state index >= 15 is 0 Å². The molecule has 10 atom stereocenters. The van der Waals surface area contributed by atoms with E-state index in [0.29, 0.717) is 29.1 Å². The zero-order valence-corrected chi connectivity index (χ0v) is 23.7. The summed E-state index contributed by atoms with van der Waals surface area (Å²) >= 11 is 0. The van der Waals surface area contributed by atoms with Gasteiger partial charge in [0.05, 0.1) is 6.10 Å². The van der Waals surface area contributed by atoms with E-state index in [1.165, 1.54) is 63.4 Å². The maximum absolute atomic E-state index is 12.2. The van der Waals surface area contributed by atoms with Gasteiger partial charge in [0, 0.05) is 18.4 Å². The Labute approximate surface area is 225 Å². The number of fused-ring (bicyclic) bond motifs is 8. The Morgan fingerprint density at radius 1 is 0.838 bits per heavy atom. The fourth-order valence-corrected chi connectivity index (χ4v) is 11.7. The summed E-state index contributed by atoms with van der Waals surface area (Å²) in [6.07, 6.45) is 16.0. The molecular weight excluding hydrogens is 452 g/mol. The average molecular weight is 501 g/mol. The molecule has 1 aromatic rings. The van der Waals surface area contributed by atoms with Crippen molar-refractivity contribution in [2.24, 2.45) is 46.3 Å². The van der Waals surface area contributed by atoms with E-state index in [9.17, 15) is 4.79 Å². The number of ether oxygens (including phenoxy) is 1. The molecule has 7 rings (SSSR count). The molecule has 4 fully saturated rings. The number of rotatable bonds is 2. The van der Waals surface area contributed by atoms with E-state index in [2.05, 4.69) is 58.0 Å². The Hall–Kier alpha value is -1.41. The van der Waals surface area contributed by atoms with Crippen LogP contribution in [0.1, 0.15) is 103 Å². The van der Waals surface area contributed by atoms with Gasteiger partial charge in [-0.1, -0.05) is 57.5 Å². The first kappa shape index (κ1) is 24.6. The lowest BCUT2D eigenvalue weighted by atomic mass is 9.46. The Morgan fingerprint density at radius 3 is 2.54 bits per heavy atom. The third-order valence-corrected chi connectivity index (χ3v) is 13.7. The van der Waals surface area contributed by atoms with Crippen molar-refractivity contribution in [1.82, 2.24) is 0 Å². The van der Waals surface area contributed by atoms with E-state index in [4.69, 9.17) is 4.74 Å². The summed E-state index contributed by atoms with van der Waals surface area (Å²) in [7, 11) is 0. The van der Waals surface area contributed by atoms with E-state index in [-0.39, 0.29) is 10.8 Å². The minimum atomic E-state index is 0.266. The summed E-state index contributed by atoms with van der Waals surface area (Å²) in [5.41, 5.74) is 5.71. The highest BCUT2D eigenvalue weighted by molar-refractivity contribution is 5.91. The second-order valence-corrected chi connectivity index (χ2v) is 14.9. The zero-order valence-electron chi connectivity index (χ0n) is 23.7. The number of ketones is 1. The number of carbonyl (C=O) groups excluding carboxylic acids is 1. The summed E-state index contributed by atoms with van der Waals surface area (Å²) in [6, 6.07) is 9.29. The number of aryl methyl sites for hydroxylation is 1. The van der Waals surface area contributed by atoms with Crippen LogP contribution >= 0.6 is 0 Å². The summed E-state index contributed by atoms with van der Waals surface area (Å²) in [5.74, 6) is 4.93. The smallest absolute Gasteiger partial charge is 0.155 e. The zero-order chi connectivity index (χ0) is 25.6. The molecule has 3 saturated carbocycles. The van der Waals surface area contributed by atoms with Gasteiger partial charge in [-0.25, -0.2) is 0 Å². The lowest BCUT2D eigenvalue weighted by Crippen LogP contribution is -2.54. The van der Waals surface area contributed by atoms with Crippen molar-refractivity contribution in [3.8, 4) is 0 Å². The second kappa shape index (κ2) is 8.54. The van der Waals surface area contributed by atoms with Crippen LogP contribution in [0, 0.1) is 46.3 Å². The molecule has 200 valence electrons. The van der Waals surface area contributed by atoms with Crippen LogP contribution < -0.4 is 0 Å². The molecule has 1 saturated heterocycles. The Bertz CT molecular complexity index is 1120. The van der Waals surface area contributed by atoms with Gasteiger partial charge in [-0.3, -0.25) is 4.79 Å². The number of hydrogen-bond donors (Lipinski definition) is 0. The Balaban J connectivity index is 1.15. The van der Waals surface area contributed by atoms with E-state index in [1.54, 1.807) is 11.1 Å². The van der Waals surface area contributed by atoms with Crippen molar-refractivity contribution in [2.45, 2.75) is 110 Å². The SMILES string of the molecule is C[C@H]([C@@H]1OCC[C@]2(C)c3ccccc3CC[C@@H]12)[C@H]1CC[C@H]2[C@@H]3CCC4=CC(=O)CC[C@]4(C)[C@H]3CC[C@]12C. The van der Waals surface area contributed by atoms with Gasteiger partial charge in [0.15, 0.2) is 5.78 Å². The number of hydrogen-bond acceptors (Lipinski definition) is 2. The molecule has 0 aromatic heterocycles. The quantitative estimate of drug-likeness (QED) is 0.410. The number of benzene rings is 1. The number of allylic oxidation sites excluding steroid dienone is 1. The molecule has 6 aliphatic rings. The largest absolute Gasteiger partial charge is 0.378 e. The van der Waals surface area contributed by atoms with Gasteiger partial charge in [-0.05, 0) is 128 Å². The molecule has 0 amide bonds. The molecule has 0 spiro atoms. The van der Waals surface area contributed by atoms with E-state index in [1.807, 2.05) is 0 Å². The molecule has 37 heavy (non-hydrogen) atoms. The molecule has 1 aliphatic heterocycles. The molecule has 0 N–H and O–H groups in total. The first-order valence-electron chi connectivity index (χ1n) is 15.7. The Morgan fingerprint density at radius 2 is 1.68 bits per heavy atom. The van der Waals surface area contributed by atoms with Gasteiger partial charge >= 0.3 is 0 Å². The van der Waals surface area contributed by atoms with Crippen LogP contribution in [0.25, 0.3) is 0 Å². The maximum atomic E-state index is 12.2. The molecule has 0 unspecified atom stereocenters. The minimum Gasteiger partial charge on any atom is -0.378 e. The molecule has 0 bridgehead atoms. The van der Waals surface area contributed by atoms with Gasteiger partial charge in [0.1, 0.15) is 0 Å². The molecule has 1 heterocycles. The first-order valence-corrected chi connectivity index (χ1v) is 15.7. The van der Waals surface area contributed by atoms with Crippen LogP contribution in [-0.2, 0) is 21.4 Å². The Kier molecular flexibility index (Phi) is 5.68. The van der Waals surface area contributed by atoms with Crippen molar-refractivity contribution in [3.63, 3.8) is 0 Å². The fraction of sp³-hybridized carbons (Fsp3) is 0.743. The summed E-state index contributed by atoms with van der Waals surface area (Å²) in [4.78, 5) is 12.2. The standard InChI is InChI=1S/C35H48O2/c1-22(32-31-12-9-23-7-5-6-8-28(23)35(31,4)19-20-37-32)27-13-14-29-26-11-10-24-21-25(36)15-17-33(24,2)30(26)16-18-34(27,29)3/h5-8,21-22,26-27,29-32H,9-20H2,1-4H3/t22-,26-,27+,29-,30-,31-,32-,33-,34+,35+/m0/s1. The minimum absolute atomic E-state index is 0.266. The van der Waals surface area contributed by atoms with Crippen LogP contribution in [0.3, 0.4) is 0 Å². The summed E-state index contributed by atoms with van der Waals surface area (Å²) in [5, 5.41) is 0. The van der Waals surface area contributed by atoms with Gasteiger partial charge in [0.2, 0.25) is 0 Å². The third-order valence-electron chi connectivity index (χ3n) is 13.7. The lowest BCUT2D eigenvalue weighted by molar-refractivity contribution is -0.130. The molecule has 2 nitrogen and oxygen atoms in total. The monoisotopic (exact) mass is 500 g/mol. The lowest BCUT2D eigenvalue weighted by Gasteiger charge is -2.59. The van der Waals surface area contributed by atoms with Gasteiger partial charge in [-0.2, -0.15) is 0 Å². The number of carbonyl (C=O) groups is 1. The van der Waals surface area contributed by atoms with Crippen molar-refractivity contribution in [2.75, 3.05) is 6.61 Å². The highest BCUT2D eigenvalue weighted by Crippen LogP contribution is 2.68. The van der Waals surface area contributed by atoms with Crippen LogP contribution in [-0.4, -0.2) is 18.5 Å². The summed E-state index contributed by atoms with van der Waals surface area (Å²) < 4.78 is 6.79. The molecule has 2 heteroatoms. The molecule has 0 radical (unpaired) electrons. The van der Waals surface area contributed by atoms with Crippen molar-refractivity contribution in [1.29, 1.82) is 0 Å². The predicted octanol–water partition coefficient (Wildman–Crippen LogP) is 8.08. The van der Waals surface area contributed by atoms with Crippen molar-refractivity contribution < 1.29 is 9.53 Å². The average Bonchev–Trinajstić information content (AvgIpc) is 3.25. The van der Waals surface area contributed by atoms with Crippen LogP contribution in [0.5, 0.6) is 0 Å². The van der Waals surface area contributed by atoms with E-state index < -0.39 is 0 Å². The molecule has 1 aromatic carbocycles. The second-order valence-electron chi connectivity index (χ2n) is 14.9. The first-order chi connectivity index (χ1) is 17.8. The highest BCUT2D eigenvalue weighted by atomic mass is 16.5. The van der Waals surface area contributed by atoms with Crippen molar-refractivity contribution >= 4 is 5.78 Å². The maximum Gasteiger partial charge on any atom is 0.155 e. The molecule has 5 aliphatic carbocycles. The van der Waals surface area contributed by atoms with Crippen LogP contribution in [0.15, 0.2) is 35.9 Å². The van der Waals surface area contributed by atoms with E-state index in [0.717, 1.165) is 43.1 Å². The fourth-order valence-electron chi connectivity index (χ4n) is 11.7. The third kappa shape index (κ3) is 3.42. The highest BCUT2D eigenvalue weighted by Gasteiger charge is 2.61. The van der Waals surface area contributed by atoms with Gasteiger partial charge in [0.25, 0.3) is 0 Å². The topological polar surface area (TPSA) is 26.3 Å². The van der Waals surface area contributed by atoms with Crippen molar-refractivity contribution in [3.05, 3.63) is 47.0 Å².